The van der Waals surface area contributed by atoms with E-state index in [1.165, 1.54) is 0 Å². The maximum Gasteiger partial charge on any atom is 0.248 e. The van der Waals surface area contributed by atoms with E-state index in [1.807, 2.05) is 44.2 Å². The van der Waals surface area contributed by atoms with Crippen molar-refractivity contribution >= 4 is 11.6 Å². The molecule has 0 heterocycles. The number of amides is 1. The van der Waals surface area contributed by atoms with Crippen LogP contribution in [0.3, 0.4) is 0 Å². The number of primary amides is 1. The van der Waals surface area contributed by atoms with Crippen molar-refractivity contribution in [3.63, 3.8) is 0 Å². The Morgan fingerprint density at radius 3 is 2.48 bits per heavy atom. The van der Waals surface area contributed by atoms with Gasteiger partial charge in [0.1, 0.15) is 5.75 Å². The number of carbonyl (C=O) groups excluding carboxylic acids is 1. The van der Waals surface area contributed by atoms with Crippen LogP contribution in [0.15, 0.2) is 42.5 Å². The highest BCUT2D eigenvalue weighted by molar-refractivity contribution is 5.92. The van der Waals surface area contributed by atoms with Gasteiger partial charge in [0, 0.05) is 17.8 Å². The van der Waals surface area contributed by atoms with Gasteiger partial charge in [-0.2, -0.15) is 0 Å². The lowest BCUT2D eigenvalue weighted by Crippen LogP contribution is -2.10. The molecule has 0 bridgehead atoms. The van der Waals surface area contributed by atoms with Crippen LogP contribution < -0.4 is 15.8 Å². The topological polar surface area (TPSA) is 64.3 Å². The molecule has 2 aromatic rings. The zero-order valence-electron chi connectivity index (χ0n) is 12.3. The van der Waals surface area contributed by atoms with Gasteiger partial charge in [-0.05, 0) is 55.3 Å². The molecule has 0 aromatic heterocycles. The Morgan fingerprint density at radius 1 is 1.19 bits per heavy atom. The second-order valence-electron chi connectivity index (χ2n) is 4.82. The molecule has 0 spiro atoms. The van der Waals surface area contributed by atoms with Gasteiger partial charge in [-0.1, -0.05) is 12.1 Å². The van der Waals surface area contributed by atoms with E-state index >= 15 is 0 Å². The summed E-state index contributed by atoms with van der Waals surface area (Å²) in [6, 6.07) is 13.3. The molecule has 4 heteroatoms. The predicted octanol–water partition coefficient (Wildman–Crippen LogP) is 3.10. The van der Waals surface area contributed by atoms with Gasteiger partial charge in [-0.25, -0.2) is 0 Å². The minimum absolute atomic E-state index is 0.406. The molecule has 0 radical (unpaired) electrons. The third-order valence-electron chi connectivity index (χ3n) is 3.23. The second kappa shape index (κ2) is 6.79. The largest absolute Gasteiger partial charge is 0.494 e. The summed E-state index contributed by atoms with van der Waals surface area (Å²) in [7, 11) is 0. The first-order valence-electron chi connectivity index (χ1n) is 6.96. The molecule has 0 saturated carbocycles. The van der Waals surface area contributed by atoms with E-state index < -0.39 is 5.91 Å². The van der Waals surface area contributed by atoms with Crippen molar-refractivity contribution in [3.05, 3.63) is 59.2 Å². The summed E-state index contributed by atoms with van der Waals surface area (Å²) in [6.45, 7) is 5.37. The molecule has 0 atom stereocenters. The number of hydrogen-bond acceptors (Lipinski definition) is 3. The van der Waals surface area contributed by atoms with Gasteiger partial charge in [0.15, 0.2) is 0 Å². The van der Waals surface area contributed by atoms with E-state index in [2.05, 4.69) is 5.32 Å². The van der Waals surface area contributed by atoms with Gasteiger partial charge >= 0.3 is 0 Å². The predicted molar refractivity (Wildman–Crippen MR) is 84.6 cm³/mol. The Labute approximate surface area is 124 Å². The molecule has 0 unspecified atom stereocenters. The van der Waals surface area contributed by atoms with Crippen LogP contribution in [0.25, 0.3) is 0 Å². The molecule has 21 heavy (non-hydrogen) atoms. The number of aryl methyl sites for hydroxylation is 1. The van der Waals surface area contributed by atoms with E-state index in [4.69, 9.17) is 10.5 Å². The maximum absolute atomic E-state index is 11.0. The van der Waals surface area contributed by atoms with Crippen LogP contribution >= 0.6 is 0 Å². The Morgan fingerprint density at radius 2 is 1.90 bits per heavy atom. The van der Waals surface area contributed by atoms with E-state index in [-0.39, 0.29) is 0 Å². The Hall–Kier alpha value is -2.49. The van der Waals surface area contributed by atoms with E-state index in [0.29, 0.717) is 18.7 Å². The average molecular weight is 284 g/mol. The van der Waals surface area contributed by atoms with Crippen LogP contribution in [-0.4, -0.2) is 12.5 Å². The molecule has 0 fully saturated rings. The standard InChI is InChI=1S/C17H20N2O2/c1-3-21-15-8-9-16(12(2)10-15)19-11-13-4-6-14(7-5-13)17(18)20/h4-10,19H,3,11H2,1-2H3,(H2,18,20). The van der Waals surface area contributed by atoms with Crippen molar-refractivity contribution in [1.82, 2.24) is 0 Å². The average Bonchev–Trinajstić information content (AvgIpc) is 2.47. The molecule has 2 rings (SSSR count). The fourth-order valence-corrected chi connectivity index (χ4v) is 2.08. The molecule has 0 aliphatic rings. The minimum atomic E-state index is -0.406. The van der Waals surface area contributed by atoms with Crippen LogP contribution in [0.2, 0.25) is 0 Å². The smallest absolute Gasteiger partial charge is 0.248 e. The third-order valence-corrected chi connectivity index (χ3v) is 3.23. The molecule has 4 nitrogen and oxygen atoms in total. The Kier molecular flexibility index (Phi) is 4.82. The fourth-order valence-electron chi connectivity index (χ4n) is 2.08. The molecule has 0 saturated heterocycles. The maximum atomic E-state index is 11.0. The SMILES string of the molecule is CCOc1ccc(NCc2ccc(C(N)=O)cc2)c(C)c1. The number of nitrogens with two attached hydrogens (primary N) is 1. The van der Waals surface area contributed by atoms with Crippen molar-refractivity contribution in [2.45, 2.75) is 20.4 Å². The van der Waals surface area contributed by atoms with E-state index in [0.717, 1.165) is 22.6 Å². The van der Waals surface area contributed by atoms with Gasteiger partial charge in [0.25, 0.3) is 0 Å². The van der Waals surface area contributed by atoms with Gasteiger partial charge in [0.05, 0.1) is 6.61 Å². The van der Waals surface area contributed by atoms with Crippen LogP contribution in [0.1, 0.15) is 28.4 Å². The normalized spacial score (nSPS) is 10.2. The summed E-state index contributed by atoms with van der Waals surface area (Å²) < 4.78 is 5.47. The zero-order chi connectivity index (χ0) is 15.2. The van der Waals surface area contributed by atoms with Gasteiger partial charge < -0.3 is 15.8 Å². The number of rotatable bonds is 6. The second-order valence-corrected chi connectivity index (χ2v) is 4.82. The summed E-state index contributed by atoms with van der Waals surface area (Å²) in [5.41, 5.74) is 9.04. The number of carbonyl (C=O) groups is 1. The van der Waals surface area contributed by atoms with Crippen molar-refractivity contribution in [3.8, 4) is 5.75 Å². The first-order chi connectivity index (χ1) is 10.1. The van der Waals surface area contributed by atoms with Crippen LogP contribution in [-0.2, 0) is 6.54 Å². The van der Waals surface area contributed by atoms with Gasteiger partial charge in [-0.3, -0.25) is 4.79 Å². The summed E-state index contributed by atoms with van der Waals surface area (Å²) in [5.74, 6) is 0.475. The zero-order valence-corrected chi connectivity index (χ0v) is 12.3. The minimum Gasteiger partial charge on any atom is -0.494 e. The van der Waals surface area contributed by atoms with E-state index in [9.17, 15) is 4.79 Å². The monoisotopic (exact) mass is 284 g/mol. The van der Waals surface area contributed by atoms with Crippen molar-refractivity contribution in [2.24, 2.45) is 5.73 Å². The molecule has 3 N–H and O–H groups in total. The van der Waals surface area contributed by atoms with Gasteiger partial charge in [0.2, 0.25) is 5.91 Å². The highest BCUT2D eigenvalue weighted by atomic mass is 16.5. The molecular formula is C17H20N2O2. The van der Waals surface area contributed by atoms with Crippen molar-refractivity contribution in [2.75, 3.05) is 11.9 Å². The Balaban J connectivity index is 2.00. The van der Waals surface area contributed by atoms with Crippen LogP contribution in [0.5, 0.6) is 5.75 Å². The lowest BCUT2D eigenvalue weighted by atomic mass is 10.1. The lowest BCUT2D eigenvalue weighted by Gasteiger charge is -2.12. The van der Waals surface area contributed by atoms with Crippen LogP contribution in [0.4, 0.5) is 5.69 Å². The number of anilines is 1. The highest BCUT2D eigenvalue weighted by Gasteiger charge is 2.02. The summed E-state index contributed by atoms with van der Waals surface area (Å²) in [4.78, 5) is 11.0. The lowest BCUT2D eigenvalue weighted by molar-refractivity contribution is 0.100. The summed E-state index contributed by atoms with van der Waals surface area (Å²) >= 11 is 0. The fraction of sp³-hybridized carbons (Fsp3) is 0.235. The molecule has 1 amide bonds. The van der Waals surface area contributed by atoms with Crippen LogP contribution in [0, 0.1) is 6.92 Å². The van der Waals surface area contributed by atoms with Crippen molar-refractivity contribution in [1.29, 1.82) is 0 Å². The Bertz CT molecular complexity index is 621. The summed E-state index contributed by atoms with van der Waals surface area (Å²) in [5, 5.41) is 3.38. The molecule has 2 aromatic carbocycles. The first-order valence-corrected chi connectivity index (χ1v) is 6.96. The molecule has 110 valence electrons. The first kappa shape index (κ1) is 14.9. The highest BCUT2D eigenvalue weighted by Crippen LogP contribution is 2.22. The molecule has 0 aliphatic heterocycles. The quantitative estimate of drug-likeness (QED) is 0.856. The number of nitrogens with one attached hydrogen (secondary N) is 1. The van der Waals surface area contributed by atoms with Gasteiger partial charge in [-0.15, -0.1) is 0 Å². The third kappa shape index (κ3) is 3.99. The number of ether oxygens (including phenoxy) is 1. The van der Waals surface area contributed by atoms with E-state index in [1.54, 1.807) is 12.1 Å². The van der Waals surface area contributed by atoms with Crippen molar-refractivity contribution < 1.29 is 9.53 Å². The summed E-state index contributed by atoms with van der Waals surface area (Å²) in [6.07, 6.45) is 0. The number of benzene rings is 2. The number of hydrogen-bond donors (Lipinski definition) is 2. The molecule has 0 aliphatic carbocycles. The molecular weight excluding hydrogens is 264 g/mol.